The quantitative estimate of drug-likeness (QED) is 0.759. The molecule has 0 aliphatic carbocycles. The zero-order valence-corrected chi connectivity index (χ0v) is 18.3. The minimum absolute atomic E-state index is 0.113. The molecule has 2 aliphatic rings. The zero-order valence-electron chi connectivity index (χ0n) is 18.3. The number of fused-ring (bicyclic) bond motifs is 1. The summed E-state index contributed by atoms with van der Waals surface area (Å²) in [7, 11) is 1.70. The molecule has 2 aromatic carbocycles. The summed E-state index contributed by atoms with van der Waals surface area (Å²) in [4.78, 5) is 5.07. The van der Waals surface area contributed by atoms with Gasteiger partial charge in [0.05, 0.1) is 19.3 Å². The molecule has 0 radical (unpaired) electrons. The van der Waals surface area contributed by atoms with Crippen molar-refractivity contribution in [2.24, 2.45) is 0 Å². The Morgan fingerprint density at radius 3 is 2.53 bits per heavy atom. The number of aliphatic hydroxyl groups excluding tert-OH is 1. The molecule has 2 aromatic rings. The van der Waals surface area contributed by atoms with Crippen molar-refractivity contribution in [3.63, 3.8) is 0 Å². The highest BCUT2D eigenvalue weighted by molar-refractivity contribution is 5.43. The molecule has 2 fully saturated rings. The molecule has 162 valence electrons. The Bertz CT molecular complexity index is 826. The topological polar surface area (TPSA) is 45.2 Å². The Hall–Kier alpha value is -2.08. The van der Waals surface area contributed by atoms with Crippen LogP contribution in [-0.2, 0) is 13.0 Å². The molecule has 4 rings (SSSR count). The van der Waals surface area contributed by atoms with E-state index in [0.29, 0.717) is 12.1 Å². The van der Waals surface area contributed by atoms with Gasteiger partial charge in [0.25, 0.3) is 0 Å². The van der Waals surface area contributed by atoms with Crippen molar-refractivity contribution in [2.45, 2.75) is 57.5 Å². The lowest BCUT2D eigenvalue weighted by atomic mass is 9.99. The largest absolute Gasteiger partial charge is 0.493 e. The number of nitrogens with zero attached hydrogens (tertiary/aromatic N) is 2. The number of hydrogen-bond donors (Lipinski definition) is 1. The van der Waals surface area contributed by atoms with Crippen molar-refractivity contribution in [3.05, 3.63) is 59.7 Å². The molecule has 2 aliphatic heterocycles. The highest BCUT2D eigenvalue weighted by Gasteiger charge is 2.39. The van der Waals surface area contributed by atoms with Crippen molar-refractivity contribution in [1.29, 1.82) is 0 Å². The highest BCUT2D eigenvalue weighted by atomic mass is 16.5. The van der Waals surface area contributed by atoms with E-state index in [1.165, 1.54) is 11.1 Å². The van der Waals surface area contributed by atoms with Gasteiger partial charge in [0.1, 0.15) is 0 Å². The number of methoxy groups -OCH3 is 1. The van der Waals surface area contributed by atoms with Gasteiger partial charge in [-0.15, -0.1) is 0 Å². The van der Waals surface area contributed by atoms with Crippen LogP contribution in [0, 0.1) is 0 Å². The molecular weight excluding hydrogens is 376 g/mol. The fourth-order valence-corrected chi connectivity index (χ4v) is 4.85. The first-order chi connectivity index (χ1) is 14.5. The SMILES string of the molecule is COc1cc(CN2C[C@@H]3C[C@@H](O)CN3C[C@H]2Cc2ccccc2)ccc1OC(C)C. The van der Waals surface area contributed by atoms with E-state index in [1.54, 1.807) is 7.11 Å². The first kappa shape index (κ1) is 21.2. The van der Waals surface area contributed by atoms with Crippen LogP contribution in [-0.4, -0.2) is 65.9 Å². The van der Waals surface area contributed by atoms with Crippen LogP contribution in [0.2, 0.25) is 0 Å². The minimum Gasteiger partial charge on any atom is -0.493 e. The van der Waals surface area contributed by atoms with Gasteiger partial charge in [-0.1, -0.05) is 36.4 Å². The molecule has 2 heterocycles. The minimum atomic E-state index is -0.195. The normalized spacial score (nSPS) is 24.8. The average molecular weight is 411 g/mol. The fourth-order valence-electron chi connectivity index (χ4n) is 4.85. The van der Waals surface area contributed by atoms with Crippen molar-refractivity contribution >= 4 is 0 Å². The summed E-state index contributed by atoms with van der Waals surface area (Å²) in [5.41, 5.74) is 2.59. The molecule has 0 spiro atoms. The van der Waals surface area contributed by atoms with Crippen molar-refractivity contribution in [1.82, 2.24) is 9.80 Å². The van der Waals surface area contributed by atoms with Gasteiger partial charge in [-0.2, -0.15) is 0 Å². The van der Waals surface area contributed by atoms with Crippen LogP contribution in [0.1, 0.15) is 31.4 Å². The van der Waals surface area contributed by atoms with Gasteiger partial charge in [-0.05, 0) is 49.9 Å². The molecule has 0 bridgehead atoms. The molecule has 0 unspecified atom stereocenters. The first-order valence-electron chi connectivity index (χ1n) is 11.1. The number of aliphatic hydroxyl groups is 1. The van der Waals surface area contributed by atoms with Gasteiger partial charge in [0.15, 0.2) is 11.5 Å². The fraction of sp³-hybridized carbons (Fsp3) is 0.520. The number of ether oxygens (including phenoxy) is 2. The Kier molecular flexibility index (Phi) is 6.61. The maximum absolute atomic E-state index is 10.2. The van der Waals surface area contributed by atoms with E-state index in [2.05, 4.69) is 52.3 Å². The number of benzene rings is 2. The van der Waals surface area contributed by atoms with E-state index in [9.17, 15) is 5.11 Å². The van der Waals surface area contributed by atoms with E-state index in [-0.39, 0.29) is 12.2 Å². The van der Waals surface area contributed by atoms with Gasteiger partial charge < -0.3 is 14.6 Å². The number of piperazine rings is 1. The van der Waals surface area contributed by atoms with Gasteiger partial charge >= 0.3 is 0 Å². The predicted octanol–water partition coefficient (Wildman–Crippen LogP) is 3.34. The third-order valence-corrected chi connectivity index (χ3v) is 6.20. The van der Waals surface area contributed by atoms with Gasteiger partial charge in [0.2, 0.25) is 0 Å². The van der Waals surface area contributed by atoms with Crippen LogP contribution in [0.4, 0.5) is 0 Å². The third kappa shape index (κ3) is 4.97. The summed E-state index contributed by atoms with van der Waals surface area (Å²) >= 11 is 0. The van der Waals surface area contributed by atoms with Crippen LogP contribution in [0.3, 0.4) is 0 Å². The van der Waals surface area contributed by atoms with E-state index in [0.717, 1.165) is 50.5 Å². The molecule has 0 aromatic heterocycles. The third-order valence-electron chi connectivity index (χ3n) is 6.20. The van der Waals surface area contributed by atoms with Crippen LogP contribution in [0.5, 0.6) is 11.5 Å². The predicted molar refractivity (Wildman–Crippen MR) is 119 cm³/mol. The van der Waals surface area contributed by atoms with Crippen LogP contribution < -0.4 is 9.47 Å². The lowest BCUT2D eigenvalue weighted by Gasteiger charge is -2.44. The summed E-state index contributed by atoms with van der Waals surface area (Å²) in [6.45, 7) is 7.71. The molecule has 5 nitrogen and oxygen atoms in total. The lowest BCUT2D eigenvalue weighted by molar-refractivity contribution is 0.0444. The van der Waals surface area contributed by atoms with Crippen LogP contribution in [0.15, 0.2) is 48.5 Å². The standard InChI is InChI=1S/C25H34N2O3/c1-18(2)30-24-10-9-20(12-25(24)29-3)14-26-16-22-13-23(28)17-27(22)15-21(26)11-19-7-5-4-6-8-19/h4-10,12,18,21-23,28H,11,13-17H2,1-3H3/t21-,22+,23-/m1/s1. The maximum Gasteiger partial charge on any atom is 0.161 e. The number of hydrogen-bond acceptors (Lipinski definition) is 5. The van der Waals surface area contributed by atoms with Crippen molar-refractivity contribution in [3.8, 4) is 11.5 Å². The Morgan fingerprint density at radius 2 is 1.80 bits per heavy atom. The molecule has 5 heteroatoms. The van der Waals surface area contributed by atoms with E-state index in [4.69, 9.17) is 9.47 Å². The number of rotatable bonds is 7. The molecule has 2 saturated heterocycles. The van der Waals surface area contributed by atoms with Crippen LogP contribution in [0.25, 0.3) is 0 Å². The summed E-state index contributed by atoms with van der Waals surface area (Å²) in [6.07, 6.45) is 1.81. The second-order valence-corrected chi connectivity index (χ2v) is 8.92. The second-order valence-electron chi connectivity index (χ2n) is 8.92. The summed E-state index contributed by atoms with van der Waals surface area (Å²) < 4.78 is 11.5. The first-order valence-corrected chi connectivity index (χ1v) is 11.1. The lowest BCUT2D eigenvalue weighted by Crippen LogP contribution is -2.56. The summed E-state index contributed by atoms with van der Waals surface area (Å²) in [5, 5.41) is 10.2. The molecule has 0 amide bonds. The average Bonchev–Trinajstić information content (AvgIpc) is 3.08. The van der Waals surface area contributed by atoms with E-state index in [1.807, 2.05) is 19.9 Å². The Labute approximate surface area is 180 Å². The molecular formula is C25H34N2O3. The van der Waals surface area contributed by atoms with Crippen molar-refractivity contribution in [2.75, 3.05) is 26.7 Å². The molecule has 1 N–H and O–H groups in total. The van der Waals surface area contributed by atoms with E-state index < -0.39 is 0 Å². The van der Waals surface area contributed by atoms with E-state index >= 15 is 0 Å². The Morgan fingerprint density at radius 1 is 1.00 bits per heavy atom. The monoisotopic (exact) mass is 410 g/mol. The maximum atomic E-state index is 10.2. The molecule has 30 heavy (non-hydrogen) atoms. The smallest absolute Gasteiger partial charge is 0.161 e. The van der Waals surface area contributed by atoms with Gasteiger partial charge in [-0.3, -0.25) is 9.80 Å². The van der Waals surface area contributed by atoms with Gasteiger partial charge in [0, 0.05) is 38.3 Å². The van der Waals surface area contributed by atoms with Crippen LogP contribution >= 0.6 is 0 Å². The summed E-state index contributed by atoms with van der Waals surface area (Å²) in [5.74, 6) is 1.58. The summed E-state index contributed by atoms with van der Waals surface area (Å²) in [6, 6.07) is 17.9. The molecule has 0 saturated carbocycles. The second kappa shape index (κ2) is 9.38. The Balaban J connectivity index is 1.53. The molecule has 3 atom stereocenters. The van der Waals surface area contributed by atoms with Crippen molar-refractivity contribution < 1.29 is 14.6 Å². The zero-order chi connectivity index (χ0) is 21.1. The van der Waals surface area contributed by atoms with Gasteiger partial charge in [-0.25, -0.2) is 0 Å². The highest BCUT2D eigenvalue weighted by Crippen LogP contribution is 2.32.